The molecule has 102 valence electrons. The van der Waals surface area contributed by atoms with Crippen LogP contribution in [0.25, 0.3) is 0 Å². The molecule has 0 spiro atoms. The Morgan fingerprint density at radius 1 is 0.950 bits per heavy atom. The predicted octanol–water partition coefficient (Wildman–Crippen LogP) is 2.87. The van der Waals surface area contributed by atoms with Crippen molar-refractivity contribution < 1.29 is 14.7 Å². The van der Waals surface area contributed by atoms with E-state index in [9.17, 15) is 14.7 Å². The second-order valence-corrected chi connectivity index (χ2v) is 5.29. The van der Waals surface area contributed by atoms with Crippen molar-refractivity contribution in [3.63, 3.8) is 0 Å². The third-order valence-corrected chi connectivity index (χ3v) is 3.62. The Bertz CT molecular complexity index is 610. The lowest BCUT2D eigenvalue weighted by Gasteiger charge is -2.22. The molecule has 1 N–H and O–H groups in total. The van der Waals surface area contributed by atoms with Gasteiger partial charge in [0.1, 0.15) is 0 Å². The van der Waals surface area contributed by atoms with Gasteiger partial charge < -0.3 is 5.11 Å². The number of thiol groups is 1. The molecule has 2 aromatic carbocycles. The van der Waals surface area contributed by atoms with Gasteiger partial charge >= 0.3 is 5.97 Å². The van der Waals surface area contributed by atoms with Gasteiger partial charge in [-0.05, 0) is 5.56 Å². The number of carboxylic acid groups (broad SMARTS) is 1. The number of aliphatic carboxylic acids is 1. The van der Waals surface area contributed by atoms with Crippen LogP contribution in [0.1, 0.15) is 15.9 Å². The molecular formula is C16H14O3S. The van der Waals surface area contributed by atoms with Gasteiger partial charge in [-0.3, -0.25) is 9.59 Å². The van der Waals surface area contributed by atoms with E-state index in [1.54, 1.807) is 54.6 Å². The van der Waals surface area contributed by atoms with E-state index in [0.717, 1.165) is 5.56 Å². The molecule has 0 saturated heterocycles. The first-order chi connectivity index (χ1) is 9.54. The van der Waals surface area contributed by atoms with Crippen molar-refractivity contribution in [3.8, 4) is 0 Å². The van der Waals surface area contributed by atoms with E-state index in [1.165, 1.54) is 0 Å². The lowest BCUT2D eigenvalue weighted by molar-refractivity contribution is -0.138. The van der Waals surface area contributed by atoms with E-state index in [4.69, 9.17) is 0 Å². The summed E-state index contributed by atoms with van der Waals surface area (Å²) in [5.41, 5.74) is 1.11. The first-order valence-electron chi connectivity index (χ1n) is 6.13. The zero-order valence-corrected chi connectivity index (χ0v) is 11.6. The third-order valence-electron chi connectivity index (χ3n) is 3.07. The molecule has 3 nitrogen and oxygen atoms in total. The predicted molar refractivity (Wildman–Crippen MR) is 80.3 cm³/mol. The van der Waals surface area contributed by atoms with Crippen LogP contribution >= 0.6 is 12.6 Å². The quantitative estimate of drug-likeness (QED) is 0.505. The Morgan fingerprint density at radius 2 is 1.45 bits per heavy atom. The Hall–Kier alpha value is -2.07. The van der Waals surface area contributed by atoms with E-state index in [0.29, 0.717) is 5.56 Å². The molecule has 2 rings (SSSR count). The number of hydrogen-bond acceptors (Lipinski definition) is 3. The van der Waals surface area contributed by atoms with Gasteiger partial charge in [0.15, 0.2) is 10.5 Å². The van der Waals surface area contributed by atoms with E-state index in [1.807, 2.05) is 6.07 Å². The summed E-state index contributed by atoms with van der Waals surface area (Å²) in [6.45, 7) is 0. The zero-order valence-electron chi connectivity index (χ0n) is 10.7. The van der Waals surface area contributed by atoms with Crippen molar-refractivity contribution in [2.75, 3.05) is 0 Å². The van der Waals surface area contributed by atoms with Crippen molar-refractivity contribution in [3.05, 3.63) is 71.8 Å². The van der Waals surface area contributed by atoms with Gasteiger partial charge in [-0.2, -0.15) is 12.6 Å². The molecule has 0 saturated carbocycles. The first-order valence-corrected chi connectivity index (χ1v) is 6.58. The van der Waals surface area contributed by atoms with Crippen molar-refractivity contribution >= 4 is 24.4 Å². The molecule has 1 unspecified atom stereocenters. The number of rotatable bonds is 5. The number of carboxylic acids is 1. The number of hydrogen-bond donors (Lipinski definition) is 2. The number of Topliss-reactive ketones (excluding diaryl/α,β-unsaturated/α-hetero) is 1. The Balaban J connectivity index is 2.35. The molecule has 0 aliphatic rings. The van der Waals surface area contributed by atoms with Crippen LogP contribution in [0, 0.1) is 0 Å². The molecule has 0 aromatic heterocycles. The van der Waals surface area contributed by atoms with E-state index in [2.05, 4.69) is 12.6 Å². The van der Waals surface area contributed by atoms with Crippen LogP contribution in [0.3, 0.4) is 0 Å². The minimum atomic E-state index is -1.76. The highest BCUT2D eigenvalue weighted by Gasteiger charge is 2.43. The normalized spacial score (nSPS) is 13.4. The molecule has 0 aliphatic heterocycles. The van der Waals surface area contributed by atoms with Crippen LogP contribution < -0.4 is 0 Å². The highest BCUT2D eigenvalue weighted by molar-refractivity contribution is 7.83. The summed E-state index contributed by atoms with van der Waals surface area (Å²) < 4.78 is -1.76. The summed E-state index contributed by atoms with van der Waals surface area (Å²) >= 11 is 4.18. The third kappa shape index (κ3) is 2.91. The van der Waals surface area contributed by atoms with Crippen LogP contribution in [-0.2, 0) is 11.2 Å². The van der Waals surface area contributed by atoms with E-state index in [-0.39, 0.29) is 6.42 Å². The summed E-state index contributed by atoms with van der Waals surface area (Å²) in [7, 11) is 0. The van der Waals surface area contributed by atoms with Gasteiger partial charge in [0.2, 0.25) is 0 Å². The SMILES string of the molecule is O=C(O)C(S)(Cc1ccccc1)C(=O)c1ccccc1. The minimum absolute atomic E-state index is 0.0417. The molecule has 0 fully saturated rings. The lowest BCUT2D eigenvalue weighted by atomic mass is 9.90. The largest absolute Gasteiger partial charge is 0.480 e. The summed E-state index contributed by atoms with van der Waals surface area (Å²) in [5, 5.41) is 9.43. The maximum atomic E-state index is 12.5. The summed E-state index contributed by atoms with van der Waals surface area (Å²) in [6.07, 6.45) is 0.0417. The molecule has 0 radical (unpaired) electrons. The first kappa shape index (κ1) is 14.3. The second kappa shape index (κ2) is 5.92. The minimum Gasteiger partial charge on any atom is -0.480 e. The molecule has 0 amide bonds. The highest BCUT2D eigenvalue weighted by atomic mass is 32.1. The summed E-state index contributed by atoms with van der Waals surface area (Å²) in [5.74, 6) is -1.74. The zero-order chi connectivity index (χ0) is 14.6. The van der Waals surface area contributed by atoms with Crippen molar-refractivity contribution in [2.24, 2.45) is 0 Å². The Morgan fingerprint density at radius 3 is 1.95 bits per heavy atom. The molecule has 20 heavy (non-hydrogen) atoms. The van der Waals surface area contributed by atoms with E-state index >= 15 is 0 Å². The van der Waals surface area contributed by atoms with Gasteiger partial charge in [0.25, 0.3) is 0 Å². The fraction of sp³-hybridized carbons (Fsp3) is 0.125. The van der Waals surface area contributed by atoms with Gasteiger partial charge in [-0.25, -0.2) is 0 Å². The van der Waals surface area contributed by atoms with Crippen molar-refractivity contribution in [2.45, 2.75) is 11.2 Å². The number of benzene rings is 2. The highest BCUT2D eigenvalue weighted by Crippen LogP contribution is 2.26. The van der Waals surface area contributed by atoms with Gasteiger partial charge in [-0.15, -0.1) is 0 Å². The van der Waals surface area contributed by atoms with Crippen LogP contribution in [0.15, 0.2) is 60.7 Å². The number of carbonyl (C=O) groups excluding carboxylic acids is 1. The summed E-state index contributed by atoms with van der Waals surface area (Å²) in [4.78, 5) is 24.0. The second-order valence-electron chi connectivity index (χ2n) is 4.52. The maximum absolute atomic E-state index is 12.5. The smallest absolute Gasteiger partial charge is 0.327 e. The Kier molecular flexibility index (Phi) is 4.25. The molecule has 1 atom stereocenters. The molecular weight excluding hydrogens is 272 g/mol. The fourth-order valence-corrected chi connectivity index (χ4v) is 2.28. The molecule has 0 heterocycles. The van der Waals surface area contributed by atoms with E-state index < -0.39 is 16.5 Å². The molecule has 4 heteroatoms. The summed E-state index contributed by atoms with van der Waals surface area (Å²) in [6, 6.07) is 17.4. The fourth-order valence-electron chi connectivity index (χ4n) is 1.97. The average molecular weight is 286 g/mol. The molecule has 2 aromatic rings. The van der Waals surface area contributed by atoms with Gasteiger partial charge in [0, 0.05) is 12.0 Å². The van der Waals surface area contributed by atoms with Crippen molar-refractivity contribution in [1.82, 2.24) is 0 Å². The monoisotopic (exact) mass is 286 g/mol. The average Bonchev–Trinajstić information content (AvgIpc) is 2.48. The van der Waals surface area contributed by atoms with Crippen LogP contribution in [0.2, 0.25) is 0 Å². The van der Waals surface area contributed by atoms with Gasteiger partial charge in [0.05, 0.1) is 0 Å². The van der Waals surface area contributed by atoms with Gasteiger partial charge in [-0.1, -0.05) is 60.7 Å². The van der Waals surface area contributed by atoms with Crippen molar-refractivity contribution in [1.29, 1.82) is 0 Å². The number of ketones is 1. The number of carbonyl (C=O) groups is 2. The molecule has 0 bridgehead atoms. The van der Waals surface area contributed by atoms with Crippen LogP contribution in [-0.4, -0.2) is 21.6 Å². The van der Waals surface area contributed by atoms with Crippen LogP contribution in [0.5, 0.6) is 0 Å². The topological polar surface area (TPSA) is 54.4 Å². The molecule has 0 aliphatic carbocycles. The lowest BCUT2D eigenvalue weighted by Crippen LogP contribution is -2.43. The Labute approximate surface area is 122 Å². The standard InChI is InChI=1S/C16H14O3S/c17-14(13-9-5-2-6-10-13)16(20,15(18)19)11-12-7-3-1-4-8-12/h1-10,20H,11H2,(H,18,19). The maximum Gasteiger partial charge on any atom is 0.327 e. The van der Waals surface area contributed by atoms with Crippen LogP contribution in [0.4, 0.5) is 0 Å².